The number of hydrogen-bond acceptors (Lipinski definition) is 6. The normalized spacial score (nSPS) is 22.1. The minimum Gasteiger partial charge on any atom is -0.481 e. The fraction of sp³-hybridized carbons (Fsp3) is 0.643. The molecule has 4 amide bonds. The van der Waals surface area contributed by atoms with Crippen LogP contribution in [0.25, 0.3) is 0 Å². The number of carboxylic acid groups (broad SMARTS) is 1. The molecule has 25 heavy (non-hydrogen) atoms. The number of carbonyl (C=O) groups excluding carboxylic acids is 4. The van der Waals surface area contributed by atoms with Crippen molar-refractivity contribution >= 4 is 30.1 Å². The summed E-state index contributed by atoms with van der Waals surface area (Å²) in [5.41, 5.74) is 2.68. The van der Waals surface area contributed by atoms with E-state index in [-0.39, 0.29) is 18.9 Å². The topological polar surface area (TPSA) is 139 Å². The Morgan fingerprint density at radius 3 is 2.68 bits per heavy atom. The van der Waals surface area contributed by atoms with Crippen LogP contribution in [0.3, 0.4) is 0 Å². The molecule has 0 bridgehead atoms. The number of fused-ring (bicyclic) bond motifs is 1. The van der Waals surface area contributed by atoms with E-state index in [2.05, 4.69) is 10.7 Å². The third kappa shape index (κ3) is 4.05. The Balaban J connectivity index is 2.21. The Hall–Kier alpha value is -2.69. The molecule has 0 unspecified atom stereocenters. The van der Waals surface area contributed by atoms with Gasteiger partial charge < -0.3 is 15.2 Å². The second-order valence-corrected chi connectivity index (χ2v) is 5.78. The number of nitrogens with one attached hydrogen (secondary N) is 2. The van der Waals surface area contributed by atoms with E-state index in [9.17, 15) is 24.0 Å². The fourth-order valence-corrected chi connectivity index (χ4v) is 2.92. The summed E-state index contributed by atoms with van der Waals surface area (Å²) >= 11 is 0. The molecule has 0 aromatic carbocycles. The van der Waals surface area contributed by atoms with Gasteiger partial charge >= 0.3 is 12.0 Å². The largest absolute Gasteiger partial charge is 0.481 e. The molecular weight excluding hydrogens is 334 g/mol. The van der Waals surface area contributed by atoms with E-state index in [1.54, 1.807) is 0 Å². The van der Waals surface area contributed by atoms with Crippen molar-refractivity contribution in [3.05, 3.63) is 0 Å². The molecule has 2 aliphatic rings. The number of hydrazine groups is 2. The molecule has 138 valence electrons. The number of rotatable bonds is 6. The molecule has 3 N–H and O–H groups in total. The summed E-state index contributed by atoms with van der Waals surface area (Å²) in [4.78, 5) is 59.1. The summed E-state index contributed by atoms with van der Waals surface area (Å²) in [5.74, 6) is -2.17. The summed E-state index contributed by atoms with van der Waals surface area (Å²) in [6.45, 7) is 0.490. The van der Waals surface area contributed by atoms with Crippen LogP contribution in [0.1, 0.15) is 25.7 Å². The third-order valence-electron chi connectivity index (χ3n) is 4.13. The molecule has 0 saturated carbocycles. The minimum absolute atomic E-state index is 0.118. The van der Waals surface area contributed by atoms with Gasteiger partial charge in [-0.25, -0.2) is 20.2 Å². The number of hydrogen-bond donors (Lipinski definition) is 3. The quantitative estimate of drug-likeness (QED) is 0.483. The smallest absolute Gasteiger partial charge is 0.353 e. The van der Waals surface area contributed by atoms with Gasteiger partial charge in [-0.2, -0.15) is 0 Å². The highest BCUT2D eigenvalue weighted by molar-refractivity contribution is 5.92. The van der Waals surface area contributed by atoms with Gasteiger partial charge in [-0.3, -0.25) is 19.4 Å². The SMILES string of the molecule is CNN1CCC(=O)N2CCC[C@@H](C(=O)N[C@H](C=O)CC(=O)O)N2C1=O. The van der Waals surface area contributed by atoms with E-state index in [0.717, 1.165) is 5.01 Å². The zero-order valence-electron chi connectivity index (χ0n) is 13.8. The molecule has 11 nitrogen and oxygen atoms in total. The summed E-state index contributed by atoms with van der Waals surface area (Å²) < 4.78 is 0. The van der Waals surface area contributed by atoms with Crippen LogP contribution in [-0.4, -0.2) is 82.5 Å². The number of carboxylic acids is 1. The van der Waals surface area contributed by atoms with Gasteiger partial charge in [0.2, 0.25) is 11.8 Å². The van der Waals surface area contributed by atoms with Crippen LogP contribution in [0.15, 0.2) is 0 Å². The van der Waals surface area contributed by atoms with Crippen molar-refractivity contribution in [3.8, 4) is 0 Å². The first-order valence-electron chi connectivity index (χ1n) is 7.95. The molecule has 2 heterocycles. The highest BCUT2D eigenvalue weighted by Gasteiger charge is 2.43. The van der Waals surface area contributed by atoms with Crippen molar-refractivity contribution in [2.75, 3.05) is 20.1 Å². The Morgan fingerprint density at radius 1 is 1.36 bits per heavy atom. The summed E-state index contributed by atoms with van der Waals surface area (Å²) in [6.07, 6.45) is 0.714. The van der Waals surface area contributed by atoms with Crippen molar-refractivity contribution in [2.45, 2.75) is 37.8 Å². The molecule has 2 rings (SSSR count). The number of aldehydes is 1. The van der Waals surface area contributed by atoms with Gasteiger partial charge in [0, 0.05) is 26.6 Å². The molecule has 2 atom stereocenters. The van der Waals surface area contributed by atoms with Gasteiger partial charge in [0.1, 0.15) is 12.3 Å². The van der Waals surface area contributed by atoms with Gasteiger partial charge in [-0.15, -0.1) is 0 Å². The fourth-order valence-electron chi connectivity index (χ4n) is 2.92. The first-order chi connectivity index (χ1) is 11.9. The number of carbonyl (C=O) groups is 5. The first kappa shape index (κ1) is 18.6. The maximum absolute atomic E-state index is 12.7. The lowest BCUT2D eigenvalue weighted by atomic mass is 10.1. The lowest BCUT2D eigenvalue weighted by Crippen LogP contribution is -2.64. The van der Waals surface area contributed by atoms with Crippen molar-refractivity contribution in [1.29, 1.82) is 0 Å². The number of nitrogens with zero attached hydrogens (tertiary/aromatic N) is 3. The van der Waals surface area contributed by atoms with Crippen molar-refractivity contribution in [1.82, 2.24) is 25.8 Å². The van der Waals surface area contributed by atoms with E-state index in [0.29, 0.717) is 25.7 Å². The Morgan fingerprint density at radius 2 is 2.08 bits per heavy atom. The van der Waals surface area contributed by atoms with E-state index in [4.69, 9.17) is 5.11 Å². The first-order valence-corrected chi connectivity index (χ1v) is 7.95. The number of aliphatic carboxylic acids is 1. The maximum Gasteiger partial charge on any atom is 0.353 e. The van der Waals surface area contributed by atoms with E-state index in [1.807, 2.05) is 0 Å². The van der Waals surface area contributed by atoms with Crippen LogP contribution in [0, 0.1) is 0 Å². The van der Waals surface area contributed by atoms with Gasteiger partial charge in [0.15, 0.2) is 0 Å². The molecule has 2 aliphatic heterocycles. The van der Waals surface area contributed by atoms with Gasteiger partial charge in [-0.1, -0.05) is 0 Å². The van der Waals surface area contributed by atoms with Gasteiger partial charge in [-0.05, 0) is 12.8 Å². The summed E-state index contributed by atoms with van der Waals surface area (Å²) in [6, 6.07) is -2.73. The zero-order valence-corrected chi connectivity index (χ0v) is 13.8. The molecule has 2 saturated heterocycles. The second-order valence-electron chi connectivity index (χ2n) is 5.78. The highest BCUT2D eigenvalue weighted by atomic mass is 16.4. The van der Waals surface area contributed by atoms with Crippen LogP contribution in [-0.2, 0) is 19.2 Å². The predicted molar refractivity (Wildman–Crippen MR) is 82.6 cm³/mol. The minimum atomic E-state index is -1.23. The van der Waals surface area contributed by atoms with Gasteiger partial charge in [0.25, 0.3) is 0 Å². The molecule has 0 spiro atoms. The lowest BCUT2D eigenvalue weighted by molar-refractivity contribution is -0.155. The van der Waals surface area contributed by atoms with Gasteiger partial charge in [0.05, 0.1) is 12.5 Å². The van der Waals surface area contributed by atoms with Crippen molar-refractivity contribution < 1.29 is 29.1 Å². The summed E-state index contributed by atoms with van der Waals surface area (Å²) in [7, 11) is 1.53. The Kier molecular flexibility index (Phi) is 5.91. The van der Waals surface area contributed by atoms with Crippen LogP contribution < -0.4 is 10.7 Å². The molecule has 0 radical (unpaired) electrons. The molecule has 11 heteroatoms. The molecular formula is C14H21N5O6. The van der Waals surface area contributed by atoms with Crippen LogP contribution in [0.4, 0.5) is 4.79 Å². The van der Waals surface area contributed by atoms with Crippen LogP contribution >= 0.6 is 0 Å². The van der Waals surface area contributed by atoms with E-state index < -0.39 is 36.4 Å². The van der Waals surface area contributed by atoms with Crippen LogP contribution in [0.2, 0.25) is 0 Å². The second kappa shape index (κ2) is 7.92. The molecule has 0 aromatic heterocycles. The molecule has 0 aliphatic carbocycles. The van der Waals surface area contributed by atoms with Crippen LogP contribution in [0.5, 0.6) is 0 Å². The van der Waals surface area contributed by atoms with E-state index in [1.165, 1.54) is 17.1 Å². The maximum atomic E-state index is 12.7. The Labute approximate surface area is 143 Å². The number of urea groups is 1. The van der Waals surface area contributed by atoms with E-state index >= 15 is 0 Å². The van der Waals surface area contributed by atoms with Crippen molar-refractivity contribution in [2.24, 2.45) is 0 Å². The summed E-state index contributed by atoms with van der Waals surface area (Å²) in [5, 5.41) is 14.7. The van der Waals surface area contributed by atoms with Crippen molar-refractivity contribution in [3.63, 3.8) is 0 Å². The molecule has 2 fully saturated rings. The number of amides is 4. The Bertz CT molecular complexity index is 582. The zero-order chi connectivity index (χ0) is 18.6. The average molecular weight is 355 g/mol. The lowest BCUT2D eigenvalue weighted by Gasteiger charge is -2.42. The molecule has 0 aromatic rings. The highest BCUT2D eigenvalue weighted by Crippen LogP contribution is 2.23. The predicted octanol–water partition coefficient (Wildman–Crippen LogP) is -1.69. The average Bonchev–Trinajstić information content (AvgIpc) is 2.71. The standard InChI is InChI=1S/C14H21N5O6/c1-15-17-6-4-11(21)18-5-2-3-10(19(18)14(17)25)13(24)16-9(8-20)7-12(22)23/h8-10,15H,2-7H2,1H3,(H,16,24)(H,22,23)/t9-,10-/m0/s1. The third-order valence-corrected chi connectivity index (χ3v) is 4.13. The monoisotopic (exact) mass is 355 g/mol.